The Morgan fingerprint density at radius 3 is 2.43 bits per heavy atom. The zero-order valence-corrected chi connectivity index (χ0v) is 13.3. The predicted octanol–water partition coefficient (Wildman–Crippen LogP) is 1.49. The first-order valence-corrected chi connectivity index (χ1v) is 8.81. The fraction of sp³-hybridized carbons (Fsp3) is 0.533. The van der Waals surface area contributed by atoms with Crippen LogP contribution < -0.4 is 5.73 Å². The van der Waals surface area contributed by atoms with Crippen LogP contribution in [0.3, 0.4) is 0 Å². The highest BCUT2D eigenvalue weighted by molar-refractivity contribution is 7.91. The Labute approximate surface area is 126 Å². The summed E-state index contributed by atoms with van der Waals surface area (Å²) in [6, 6.07) is 7.21. The molecule has 0 aliphatic heterocycles. The number of hydrogen-bond acceptors (Lipinski definition) is 4. The molecule has 0 fully saturated rings. The molecule has 1 aromatic carbocycles. The molecule has 0 saturated carbocycles. The normalized spacial score (nSPS) is 14.6. The van der Waals surface area contributed by atoms with E-state index in [1.54, 1.807) is 19.1 Å². The number of aliphatic carboxylic acids is 1. The minimum absolute atomic E-state index is 0.00951. The van der Waals surface area contributed by atoms with E-state index in [1.807, 2.05) is 19.1 Å². The number of carboxylic acid groups (broad SMARTS) is 1. The third kappa shape index (κ3) is 4.04. The number of benzene rings is 1. The molecule has 1 atom stereocenters. The van der Waals surface area contributed by atoms with E-state index in [0.717, 1.165) is 5.56 Å². The van der Waals surface area contributed by atoms with E-state index in [0.29, 0.717) is 5.56 Å². The molecule has 0 aliphatic carbocycles. The summed E-state index contributed by atoms with van der Waals surface area (Å²) in [6.45, 7) is 3.37. The standard InChI is InChI=1S/C15H23NO4S/c1-3-21(19,20)10-6-9-15(11-16,14(17)18)13-8-5-4-7-12(13)2/h4-5,7-8H,3,6,9-11,16H2,1-2H3,(H,17,18). The van der Waals surface area contributed by atoms with Gasteiger partial charge in [0.1, 0.15) is 15.3 Å². The second kappa shape index (κ2) is 7.04. The van der Waals surface area contributed by atoms with Crippen LogP contribution in [0.1, 0.15) is 30.9 Å². The van der Waals surface area contributed by atoms with Gasteiger partial charge in [-0.1, -0.05) is 31.2 Å². The van der Waals surface area contributed by atoms with Gasteiger partial charge < -0.3 is 10.8 Å². The highest BCUT2D eigenvalue weighted by Crippen LogP contribution is 2.31. The van der Waals surface area contributed by atoms with Crippen LogP contribution in [-0.4, -0.2) is 37.5 Å². The molecule has 0 aliphatic rings. The lowest BCUT2D eigenvalue weighted by molar-refractivity contribution is -0.143. The Hall–Kier alpha value is -1.40. The minimum atomic E-state index is -3.10. The first-order chi connectivity index (χ1) is 9.79. The molecular formula is C15H23NO4S. The van der Waals surface area contributed by atoms with Crippen LogP contribution in [-0.2, 0) is 20.0 Å². The van der Waals surface area contributed by atoms with E-state index in [4.69, 9.17) is 5.73 Å². The Morgan fingerprint density at radius 1 is 1.33 bits per heavy atom. The molecule has 6 heteroatoms. The smallest absolute Gasteiger partial charge is 0.315 e. The maximum Gasteiger partial charge on any atom is 0.315 e. The Bertz CT molecular complexity index is 597. The maximum absolute atomic E-state index is 11.8. The first-order valence-electron chi connectivity index (χ1n) is 6.99. The molecule has 0 amide bonds. The summed E-state index contributed by atoms with van der Waals surface area (Å²) in [5, 5.41) is 9.66. The lowest BCUT2D eigenvalue weighted by atomic mass is 9.75. The number of hydrogen-bond donors (Lipinski definition) is 2. The van der Waals surface area contributed by atoms with Gasteiger partial charge in [0, 0.05) is 12.3 Å². The van der Waals surface area contributed by atoms with Crippen LogP contribution in [0.5, 0.6) is 0 Å². The molecule has 0 bridgehead atoms. The van der Waals surface area contributed by atoms with Crippen molar-refractivity contribution in [3.8, 4) is 0 Å². The van der Waals surface area contributed by atoms with Gasteiger partial charge in [-0.2, -0.15) is 0 Å². The predicted molar refractivity (Wildman–Crippen MR) is 83.1 cm³/mol. The first kappa shape index (κ1) is 17.7. The molecule has 0 heterocycles. The molecular weight excluding hydrogens is 290 g/mol. The average molecular weight is 313 g/mol. The third-order valence-corrected chi connectivity index (χ3v) is 5.71. The number of rotatable bonds is 8. The second-order valence-corrected chi connectivity index (χ2v) is 7.72. The van der Waals surface area contributed by atoms with Crippen molar-refractivity contribution in [3.05, 3.63) is 35.4 Å². The van der Waals surface area contributed by atoms with Crippen molar-refractivity contribution in [1.29, 1.82) is 0 Å². The summed E-state index contributed by atoms with van der Waals surface area (Å²) in [4.78, 5) is 11.8. The highest BCUT2D eigenvalue weighted by Gasteiger charge is 2.39. The van der Waals surface area contributed by atoms with Crippen LogP contribution >= 0.6 is 0 Å². The maximum atomic E-state index is 11.8. The van der Waals surface area contributed by atoms with E-state index in [1.165, 1.54) is 0 Å². The molecule has 5 nitrogen and oxygen atoms in total. The molecule has 0 radical (unpaired) electrons. The van der Waals surface area contributed by atoms with Crippen LogP contribution in [0.15, 0.2) is 24.3 Å². The van der Waals surface area contributed by atoms with Crippen LogP contribution in [0.4, 0.5) is 0 Å². The second-order valence-electron chi connectivity index (χ2n) is 5.25. The Kier molecular flexibility index (Phi) is 5.92. The van der Waals surface area contributed by atoms with Gasteiger partial charge in [0.2, 0.25) is 0 Å². The van der Waals surface area contributed by atoms with Crippen molar-refractivity contribution in [2.24, 2.45) is 5.73 Å². The number of carboxylic acids is 1. The van der Waals surface area contributed by atoms with Gasteiger partial charge in [-0.3, -0.25) is 4.79 Å². The van der Waals surface area contributed by atoms with Gasteiger partial charge in [0.15, 0.2) is 0 Å². The monoisotopic (exact) mass is 313 g/mol. The van der Waals surface area contributed by atoms with Crippen LogP contribution in [0, 0.1) is 6.92 Å². The number of nitrogens with two attached hydrogens (primary N) is 1. The fourth-order valence-electron chi connectivity index (χ4n) is 2.50. The molecule has 0 aromatic heterocycles. The molecule has 3 N–H and O–H groups in total. The van der Waals surface area contributed by atoms with Gasteiger partial charge in [-0.25, -0.2) is 8.42 Å². The average Bonchev–Trinajstić information content (AvgIpc) is 2.44. The van der Waals surface area contributed by atoms with Crippen molar-refractivity contribution in [3.63, 3.8) is 0 Å². The topological polar surface area (TPSA) is 97.5 Å². The van der Waals surface area contributed by atoms with Gasteiger partial charge in [-0.15, -0.1) is 0 Å². The Balaban J connectivity index is 3.06. The number of aryl methyl sites for hydroxylation is 1. The van der Waals surface area contributed by atoms with Gasteiger partial charge >= 0.3 is 5.97 Å². The number of sulfone groups is 1. The van der Waals surface area contributed by atoms with E-state index in [-0.39, 0.29) is 30.9 Å². The SMILES string of the molecule is CCS(=O)(=O)CCCC(CN)(C(=O)O)c1ccccc1C. The molecule has 1 rings (SSSR count). The summed E-state index contributed by atoms with van der Waals surface area (Å²) >= 11 is 0. The molecule has 21 heavy (non-hydrogen) atoms. The van der Waals surface area contributed by atoms with Crippen molar-refractivity contribution >= 4 is 15.8 Å². The van der Waals surface area contributed by atoms with E-state index in [9.17, 15) is 18.3 Å². The van der Waals surface area contributed by atoms with Crippen molar-refractivity contribution < 1.29 is 18.3 Å². The van der Waals surface area contributed by atoms with Gasteiger partial charge in [-0.05, 0) is 30.9 Å². The van der Waals surface area contributed by atoms with Crippen molar-refractivity contribution in [1.82, 2.24) is 0 Å². The zero-order chi connectivity index (χ0) is 16.1. The highest BCUT2D eigenvalue weighted by atomic mass is 32.2. The summed E-state index contributed by atoms with van der Waals surface area (Å²) in [7, 11) is -3.10. The summed E-state index contributed by atoms with van der Waals surface area (Å²) in [5.74, 6) is -0.946. The molecule has 118 valence electrons. The Morgan fingerprint density at radius 2 is 1.95 bits per heavy atom. The molecule has 0 saturated heterocycles. The largest absolute Gasteiger partial charge is 0.481 e. The van der Waals surface area contributed by atoms with Crippen molar-refractivity contribution in [2.45, 2.75) is 32.1 Å². The number of carbonyl (C=O) groups is 1. The van der Waals surface area contributed by atoms with E-state index >= 15 is 0 Å². The van der Waals surface area contributed by atoms with Gasteiger partial charge in [0.25, 0.3) is 0 Å². The summed E-state index contributed by atoms with van der Waals surface area (Å²) < 4.78 is 23.1. The molecule has 0 spiro atoms. The lowest BCUT2D eigenvalue weighted by Crippen LogP contribution is -2.43. The third-order valence-electron chi connectivity index (χ3n) is 3.92. The quantitative estimate of drug-likeness (QED) is 0.758. The lowest BCUT2D eigenvalue weighted by Gasteiger charge is -2.30. The zero-order valence-electron chi connectivity index (χ0n) is 12.5. The fourth-order valence-corrected chi connectivity index (χ4v) is 3.38. The summed E-state index contributed by atoms with van der Waals surface area (Å²) in [5.41, 5.74) is 6.05. The van der Waals surface area contributed by atoms with Gasteiger partial charge in [0.05, 0.1) is 5.75 Å². The summed E-state index contributed by atoms with van der Waals surface area (Å²) in [6.07, 6.45) is 0.497. The minimum Gasteiger partial charge on any atom is -0.481 e. The van der Waals surface area contributed by atoms with E-state index < -0.39 is 21.2 Å². The molecule has 1 aromatic rings. The van der Waals surface area contributed by atoms with Crippen molar-refractivity contribution in [2.75, 3.05) is 18.1 Å². The van der Waals surface area contributed by atoms with Crippen LogP contribution in [0.25, 0.3) is 0 Å². The molecule has 1 unspecified atom stereocenters. The van der Waals surface area contributed by atoms with Crippen LogP contribution in [0.2, 0.25) is 0 Å². The van der Waals surface area contributed by atoms with E-state index in [2.05, 4.69) is 0 Å².